The van der Waals surface area contributed by atoms with E-state index in [0.717, 1.165) is 22.3 Å². The number of benzene rings is 2. The normalized spacial score (nSPS) is 13.2. The molecule has 0 heterocycles. The van der Waals surface area contributed by atoms with E-state index in [4.69, 9.17) is 9.84 Å². The lowest BCUT2D eigenvalue weighted by atomic mass is 9.98. The lowest BCUT2D eigenvalue weighted by Gasteiger charge is -2.24. The summed E-state index contributed by atoms with van der Waals surface area (Å²) < 4.78 is 5.52. The zero-order valence-corrected chi connectivity index (χ0v) is 19.3. The first-order chi connectivity index (χ1) is 15.8. The largest absolute Gasteiger partial charge is 0.480 e. The Kier molecular flexibility index (Phi) is 8.06. The van der Waals surface area contributed by atoms with Gasteiger partial charge in [0.05, 0.1) is 0 Å². The van der Waals surface area contributed by atoms with Gasteiger partial charge < -0.3 is 25.0 Å². The number of alkyl carbamates (subject to hydrolysis) is 1. The monoisotopic (exact) mass is 453 g/mol. The molecule has 2 aromatic carbocycles. The van der Waals surface area contributed by atoms with Crippen molar-refractivity contribution in [3.63, 3.8) is 0 Å². The first-order valence-corrected chi connectivity index (χ1v) is 11.0. The van der Waals surface area contributed by atoms with Crippen molar-refractivity contribution in [2.45, 2.75) is 25.3 Å². The molecule has 0 aliphatic heterocycles. The smallest absolute Gasteiger partial charge is 0.407 e. The summed E-state index contributed by atoms with van der Waals surface area (Å²) in [7, 11) is 3.70. The minimum atomic E-state index is -1.07. The molecule has 0 bridgehead atoms. The molecule has 2 amide bonds. The standard InChI is InChI=1S/C25H31N3O5/c1-17(14-23(29)28(15-24(30)31)13-12-27(2)3)26-25(32)33-16-22-20-10-6-4-8-18(20)19-9-5-7-11-21(19)22/h4-11,17,22H,12-16H2,1-3H3,(H,26,32)(H,30,31)/t17-/m1/s1. The van der Waals surface area contributed by atoms with Gasteiger partial charge >= 0.3 is 12.1 Å². The summed E-state index contributed by atoms with van der Waals surface area (Å²) in [5.74, 6) is -1.44. The number of amides is 2. The highest BCUT2D eigenvalue weighted by atomic mass is 16.5. The number of carboxylic acids is 1. The van der Waals surface area contributed by atoms with Crippen molar-refractivity contribution in [3.05, 3.63) is 59.7 Å². The summed E-state index contributed by atoms with van der Waals surface area (Å²) in [6.45, 7) is 2.37. The second-order valence-electron chi connectivity index (χ2n) is 8.59. The van der Waals surface area contributed by atoms with Crippen LogP contribution >= 0.6 is 0 Å². The maximum Gasteiger partial charge on any atom is 0.407 e. The average molecular weight is 454 g/mol. The fourth-order valence-electron chi connectivity index (χ4n) is 4.06. The Hall–Kier alpha value is -3.39. The fraction of sp³-hybridized carbons (Fsp3) is 0.400. The minimum absolute atomic E-state index is 0.00902. The van der Waals surface area contributed by atoms with Gasteiger partial charge in [-0.05, 0) is 43.3 Å². The number of hydrogen-bond donors (Lipinski definition) is 2. The fourth-order valence-corrected chi connectivity index (χ4v) is 4.06. The Balaban J connectivity index is 1.54. The molecule has 0 spiro atoms. The second kappa shape index (κ2) is 11.0. The van der Waals surface area contributed by atoms with Crippen molar-refractivity contribution in [2.24, 2.45) is 0 Å². The summed E-state index contributed by atoms with van der Waals surface area (Å²) >= 11 is 0. The number of carboxylic acid groups (broad SMARTS) is 1. The van der Waals surface area contributed by atoms with Gasteiger partial charge in [0.1, 0.15) is 13.2 Å². The van der Waals surface area contributed by atoms with Crippen molar-refractivity contribution < 1.29 is 24.2 Å². The van der Waals surface area contributed by atoms with Gasteiger partial charge in [-0.1, -0.05) is 48.5 Å². The molecule has 0 radical (unpaired) electrons. The van der Waals surface area contributed by atoms with Crippen molar-refractivity contribution >= 4 is 18.0 Å². The summed E-state index contributed by atoms with van der Waals surface area (Å²) in [5, 5.41) is 11.8. The SMILES string of the molecule is C[C@H](CC(=O)N(CCN(C)C)CC(=O)O)NC(=O)OCC1c2ccccc2-c2ccccc21. The molecule has 8 heteroatoms. The third-order valence-electron chi connectivity index (χ3n) is 5.68. The first-order valence-electron chi connectivity index (χ1n) is 11.0. The topological polar surface area (TPSA) is 99.2 Å². The number of nitrogens with one attached hydrogen (secondary N) is 1. The van der Waals surface area contributed by atoms with Crippen LogP contribution in [0.15, 0.2) is 48.5 Å². The van der Waals surface area contributed by atoms with E-state index in [9.17, 15) is 14.4 Å². The van der Waals surface area contributed by atoms with Crippen LogP contribution in [-0.4, -0.2) is 79.3 Å². The summed E-state index contributed by atoms with van der Waals surface area (Å²) in [6, 6.07) is 15.7. The van der Waals surface area contributed by atoms with Crippen LogP contribution in [0, 0.1) is 0 Å². The maximum atomic E-state index is 12.6. The second-order valence-corrected chi connectivity index (χ2v) is 8.59. The van der Waals surface area contributed by atoms with Crippen molar-refractivity contribution in [1.29, 1.82) is 0 Å². The van der Waals surface area contributed by atoms with E-state index in [-0.39, 0.29) is 31.4 Å². The number of carbonyl (C=O) groups is 3. The molecular formula is C25H31N3O5. The Morgan fingerprint density at radius 2 is 1.58 bits per heavy atom. The van der Waals surface area contributed by atoms with Gasteiger partial charge in [0, 0.05) is 31.5 Å². The quantitative estimate of drug-likeness (QED) is 0.574. The molecule has 2 N–H and O–H groups in total. The zero-order valence-electron chi connectivity index (χ0n) is 19.3. The van der Waals surface area contributed by atoms with Crippen LogP contribution in [-0.2, 0) is 14.3 Å². The molecular weight excluding hydrogens is 422 g/mol. The maximum absolute atomic E-state index is 12.6. The van der Waals surface area contributed by atoms with Crippen LogP contribution < -0.4 is 5.32 Å². The highest BCUT2D eigenvalue weighted by Crippen LogP contribution is 2.44. The number of carbonyl (C=O) groups excluding carboxylic acids is 2. The van der Waals surface area contributed by atoms with Crippen LogP contribution in [0.2, 0.25) is 0 Å². The number of rotatable bonds is 10. The van der Waals surface area contributed by atoms with E-state index in [1.165, 1.54) is 4.90 Å². The van der Waals surface area contributed by atoms with Crippen LogP contribution in [0.3, 0.4) is 0 Å². The van der Waals surface area contributed by atoms with E-state index < -0.39 is 18.1 Å². The highest BCUT2D eigenvalue weighted by molar-refractivity contribution is 5.82. The van der Waals surface area contributed by atoms with Gasteiger partial charge in [-0.25, -0.2) is 4.79 Å². The molecule has 0 unspecified atom stereocenters. The molecule has 33 heavy (non-hydrogen) atoms. The Bertz CT molecular complexity index is 962. The number of hydrogen-bond acceptors (Lipinski definition) is 5. The molecule has 8 nitrogen and oxygen atoms in total. The van der Waals surface area contributed by atoms with Gasteiger partial charge in [-0.2, -0.15) is 0 Å². The van der Waals surface area contributed by atoms with E-state index >= 15 is 0 Å². The van der Waals surface area contributed by atoms with Crippen LogP contribution in [0.4, 0.5) is 4.79 Å². The minimum Gasteiger partial charge on any atom is -0.480 e. The lowest BCUT2D eigenvalue weighted by Crippen LogP contribution is -2.43. The molecule has 176 valence electrons. The number of nitrogens with zero attached hydrogens (tertiary/aromatic N) is 2. The van der Waals surface area contributed by atoms with Gasteiger partial charge in [0.25, 0.3) is 0 Å². The first kappa shape index (κ1) is 24.3. The molecule has 1 aliphatic carbocycles. The molecule has 0 saturated heterocycles. The van der Waals surface area contributed by atoms with Gasteiger partial charge in [0.2, 0.25) is 5.91 Å². The Morgan fingerprint density at radius 3 is 2.12 bits per heavy atom. The molecule has 0 saturated carbocycles. The van der Waals surface area contributed by atoms with Gasteiger partial charge in [0.15, 0.2) is 0 Å². The predicted molar refractivity (Wildman–Crippen MR) is 125 cm³/mol. The third kappa shape index (κ3) is 6.32. The van der Waals surface area contributed by atoms with Crippen molar-refractivity contribution in [1.82, 2.24) is 15.1 Å². The number of aliphatic carboxylic acids is 1. The summed E-state index contributed by atoms with van der Waals surface area (Å²) in [6.07, 6.45) is -0.611. The predicted octanol–water partition coefficient (Wildman–Crippen LogP) is 2.78. The molecule has 3 rings (SSSR count). The van der Waals surface area contributed by atoms with Crippen LogP contribution in [0.1, 0.15) is 30.4 Å². The zero-order chi connectivity index (χ0) is 24.0. The third-order valence-corrected chi connectivity index (χ3v) is 5.68. The number of likely N-dealkylation sites (N-methyl/N-ethyl adjacent to an activating group) is 1. The van der Waals surface area contributed by atoms with Gasteiger partial charge in [-0.15, -0.1) is 0 Å². The summed E-state index contributed by atoms with van der Waals surface area (Å²) in [4.78, 5) is 39.3. The van der Waals surface area contributed by atoms with Crippen LogP contribution in [0.25, 0.3) is 11.1 Å². The van der Waals surface area contributed by atoms with E-state index in [2.05, 4.69) is 17.4 Å². The molecule has 0 fully saturated rings. The van der Waals surface area contributed by atoms with E-state index in [0.29, 0.717) is 13.1 Å². The van der Waals surface area contributed by atoms with Crippen molar-refractivity contribution in [2.75, 3.05) is 40.3 Å². The number of ether oxygens (including phenoxy) is 1. The highest BCUT2D eigenvalue weighted by Gasteiger charge is 2.29. The molecule has 2 aromatic rings. The lowest BCUT2D eigenvalue weighted by molar-refractivity contribution is -0.144. The molecule has 1 aliphatic rings. The number of fused-ring (bicyclic) bond motifs is 3. The van der Waals surface area contributed by atoms with E-state index in [1.807, 2.05) is 55.4 Å². The Morgan fingerprint density at radius 1 is 1.00 bits per heavy atom. The van der Waals surface area contributed by atoms with Gasteiger partial charge in [-0.3, -0.25) is 9.59 Å². The average Bonchev–Trinajstić information content (AvgIpc) is 3.08. The molecule has 1 atom stereocenters. The Labute approximate surface area is 194 Å². The van der Waals surface area contributed by atoms with E-state index in [1.54, 1.807) is 6.92 Å². The van der Waals surface area contributed by atoms with Crippen LogP contribution in [0.5, 0.6) is 0 Å². The summed E-state index contributed by atoms with van der Waals surface area (Å²) in [5.41, 5.74) is 4.55. The molecule has 0 aromatic heterocycles. The van der Waals surface area contributed by atoms with Crippen molar-refractivity contribution in [3.8, 4) is 11.1 Å².